The minimum absolute atomic E-state index is 0.0157. The lowest BCUT2D eigenvalue weighted by atomic mass is 10.2. The van der Waals surface area contributed by atoms with Crippen molar-refractivity contribution < 1.29 is 22.7 Å². The number of hydrogen-bond acceptors (Lipinski definition) is 5. The first kappa shape index (κ1) is 24.8. The summed E-state index contributed by atoms with van der Waals surface area (Å²) in [6, 6.07) is 8.10. The van der Waals surface area contributed by atoms with Gasteiger partial charge in [-0.2, -0.15) is 0 Å². The minimum atomic E-state index is -4.07. The maximum atomic E-state index is 13.5. The Morgan fingerprint density at radius 2 is 1.88 bits per heavy atom. The van der Waals surface area contributed by atoms with Crippen molar-refractivity contribution in [3.05, 3.63) is 57.9 Å². The van der Waals surface area contributed by atoms with Crippen LogP contribution in [0.25, 0.3) is 22.6 Å². The quantitative estimate of drug-likeness (QED) is 0.355. The van der Waals surface area contributed by atoms with Crippen molar-refractivity contribution in [3.8, 4) is 22.6 Å². The fourth-order valence-electron chi connectivity index (χ4n) is 2.90. The summed E-state index contributed by atoms with van der Waals surface area (Å²) in [6.45, 7) is 4.95. The van der Waals surface area contributed by atoms with E-state index in [0.717, 1.165) is 0 Å². The van der Waals surface area contributed by atoms with E-state index in [4.69, 9.17) is 16.3 Å². The Labute approximate surface area is 199 Å². The van der Waals surface area contributed by atoms with E-state index >= 15 is 0 Å². The Balaban J connectivity index is 1.89. The summed E-state index contributed by atoms with van der Waals surface area (Å²) in [5, 5.41) is 10.0. The highest BCUT2D eigenvalue weighted by Crippen LogP contribution is 2.30. The molecule has 11 heteroatoms. The van der Waals surface area contributed by atoms with Crippen LogP contribution in [-0.2, 0) is 14.8 Å². The summed E-state index contributed by atoms with van der Waals surface area (Å²) in [6.07, 6.45) is -0.0364. The fraction of sp³-hybridized carbons (Fsp3) is 0.286. The number of sulfonamides is 1. The lowest BCUT2D eigenvalue weighted by molar-refractivity contribution is -0.137. The van der Waals surface area contributed by atoms with Crippen molar-refractivity contribution in [2.45, 2.75) is 44.1 Å². The molecule has 172 valence electrons. The average Bonchev–Trinajstić information content (AvgIpc) is 3.19. The molecule has 3 N–H and O–H groups in total. The van der Waals surface area contributed by atoms with Gasteiger partial charge in [0.1, 0.15) is 16.5 Å². The molecular weight excluding hydrogens is 525 g/mol. The zero-order chi connectivity index (χ0) is 23.6. The van der Waals surface area contributed by atoms with E-state index in [9.17, 15) is 17.9 Å². The molecule has 3 aromatic rings. The molecule has 7 nitrogen and oxygen atoms in total. The molecule has 0 aliphatic carbocycles. The minimum Gasteiger partial charge on any atom is -0.367 e. The number of aliphatic hydroxyl groups is 1. The Morgan fingerprint density at radius 1 is 1.19 bits per heavy atom. The summed E-state index contributed by atoms with van der Waals surface area (Å²) in [7, 11) is -4.07. The van der Waals surface area contributed by atoms with E-state index in [2.05, 4.69) is 30.6 Å². The van der Waals surface area contributed by atoms with Crippen LogP contribution in [0.5, 0.6) is 0 Å². The number of aliphatic hydroxyl groups excluding tert-OH is 1. The molecule has 32 heavy (non-hydrogen) atoms. The molecule has 0 aliphatic heterocycles. The molecule has 2 atom stereocenters. The van der Waals surface area contributed by atoms with E-state index in [-0.39, 0.29) is 21.8 Å². The van der Waals surface area contributed by atoms with Crippen LogP contribution in [-0.4, -0.2) is 41.9 Å². The van der Waals surface area contributed by atoms with Gasteiger partial charge in [0, 0.05) is 11.1 Å². The molecule has 2 aromatic carbocycles. The Hall–Kier alpha value is -1.82. The third-order valence-electron chi connectivity index (χ3n) is 4.48. The lowest BCUT2D eigenvalue weighted by Gasteiger charge is -2.22. The highest BCUT2D eigenvalue weighted by Gasteiger charge is 2.26. The Bertz CT molecular complexity index is 1220. The van der Waals surface area contributed by atoms with E-state index < -0.39 is 22.4 Å². The number of halogens is 3. The zero-order valence-electron chi connectivity index (χ0n) is 17.4. The molecule has 0 bridgehead atoms. The molecule has 1 heterocycles. The van der Waals surface area contributed by atoms with Crippen LogP contribution < -0.4 is 4.72 Å². The predicted octanol–water partition coefficient (Wildman–Crippen LogP) is 4.71. The average molecular weight is 547 g/mol. The number of ether oxygens (including phenoxy) is 1. The smallest absolute Gasteiger partial charge is 0.242 e. The summed E-state index contributed by atoms with van der Waals surface area (Å²) in [5.74, 6) is 0.0245. The molecule has 0 spiro atoms. The van der Waals surface area contributed by atoms with Gasteiger partial charge in [-0.1, -0.05) is 11.6 Å². The van der Waals surface area contributed by atoms with E-state index in [1.807, 2.05) is 0 Å². The van der Waals surface area contributed by atoms with Crippen molar-refractivity contribution in [3.63, 3.8) is 0 Å². The third kappa shape index (κ3) is 5.75. The van der Waals surface area contributed by atoms with Gasteiger partial charge in [-0.3, -0.25) is 0 Å². The highest BCUT2D eigenvalue weighted by atomic mass is 79.9. The molecule has 0 saturated carbocycles. The maximum absolute atomic E-state index is 13.5. The summed E-state index contributed by atoms with van der Waals surface area (Å²) >= 11 is 9.32. The van der Waals surface area contributed by atoms with Crippen molar-refractivity contribution >= 4 is 37.6 Å². The number of nitrogens with zero attached hydrogens (tertiary/aromatic N) is 1. The number of aromatic amines is 1. The molecule has 1 aromatic heterocycles. The van der Waals surface area contributed by atoms with E-state index in [1.165, 1.54) is 25.1 Å². The number of imidazole rings is 1. The van der Waals surface area contributed by atoms with Gasteiger partial charge in [-0.05, 0) is 73.1 Å². The van der Waals surface area contributed by atoms with Crippen LogP contribution in [0.4, 0.5) is 4.39 Å². The van der Waals surface area contributed by atoms with Gasteiger partial charge in [-0.15, -0.1) is 0 Å². The first-order valence-corrected chi connectivity index (χ1v) is 12.3. The summed E-state index contributed by atoms with van der Waals surface area (Å²) in [5.41, 5.74) is 1.81. The summed E-state index contributed by atoms with van der Waals surface area (Å²) < 4.78 is 47.2. The van der Waals surface area contributed by atoms with Gasteiger partial charge in [0.15, 0.2) is 6.29 Å². The van der Waals surface area contributed by atoms with Crippen LogP contribution in [0.3, 0.4) is 0 Å². The molecule has 0 fully saturated rings. The second-order valence-corrected chi connectivity index (χ2v) is 10.3. The number of benzene rings is 2. The Kier molecular flexibility index (Phi) is 7.74. The maximum Gasteiger partial charge on any atom is 0.242 e. The van der Waals surface area contributed by atoms with Gasteiger partial charge >= 0.3 is 0 Å². The number of aromatic nitrogens is 2. The molecule has 0 aliphatic rings. The molecule has 0 saturated heterocycles. The molecule has 0 radical (unpaired) electrons. The second kappa shape index (κ2) is 9.98. The molecule has 3 rings (SSSR count). The van der Waals surface area contributed by atoms with Gasteiger partial charge < -0.3 is 14.8 Å². The van der Waals surface area contributed by atoms with Crippen molar-refractivity contribution in [2.24, 2.45) is 0 Å². The number of nitrogens with one attached hydrogen (secondary N) is 2. The fourth-order valence-corrected chi connectivity index (χ4v) is 5.04. The van der Waals surface area contributed by atoms with E-state index in [0.29, 0.717) is 27.1 Å². The largest absolute Gasteiger partial charge is 0.367 e. The van der Waals surface area contributed by atoms with Crippen LogP contribution in [0.1, 0.15) is 20.8 Å². The molecular formula is C21H22BrClFN3O4S. The van der Waals surface area contributed by atoms with Gasteiger partial charge in [0.25, 0.3) is 0 Å². The first-order chi connectivity index (χ1) is 15.0. The Morgan fingerprint density at radius 3 is 2.53 bits per heavy atom. The van der Waals surface area contributed by atoms with Gasteiger partial charge in [0.2, 0.25) is 10.0 Å². The number of rotatable bonds is 8. The first-order valence-electron chi connectivity index (χ1n) is 9.64. The number of H-pyrrole nitrogens is 1. The standard InChI is InChI=1S/C21H22BrClFN3O4S/c1-11(2)31-21(28)12(3)27-32(29,30)19-9-14(4-6-16(19)23)20-25-10-18(26-20)13-5-7-17(24)15(22)8-13/h4-12,21,27-28H,1-3H3,(H,25,26)/t12-,21?/m1/s1. The van der Waals surface area contributed by atoms with E-state index in [1.54, 1.807) is 38.2 Å². The van der Waals surface area contributed by atoms with Crippen LogP contribution in [0.15, 0.2) is 52.0 Å². The highest BCUT2D eigenvalue weighted by molar-refractivity contribution is 9.10. The van der Waals surface area contributed by atoms with Crippen LogP contribution in [0, 0.1) is 5.82 Å². The lowest BCUT2D eigenvalue weighted by Crippen LogP contribution is -2.43. The monoisotopic (exact) mass is 545 g/mol. The van der Waals surface area contributed by atoms with Crippen LogP contribution >= 0.6 is 27.5 Å². The number of hydrogen-bond donors (Lipinski definition) is 3. The topological polar surface area (TPSA) is 104 Å². The van der Waals surface area contributed by atoms with Gasteiger partial charge in [-0.25, -0.2) is 22.5 Å². The van der Waals surface area contributed by atoms with Crippen molar-refractivity contribution in [1.29, 1.82) is 0 Å². The van der Waals surface area contributed by atoms with Crippen LogP contribution in [0.2, 0.25) is 5.02 Å². The summed E-state index contributed by atoms with van der Waals surface area (Å²) in [4.78, 5) is 7.24. The van der Waals surface area contributed by atoms with Crippen molar-refractivity contribution in [2.75, 3.05) is 0 Å². The predicted molar refractivity (Wildman–Crippen MR) is 124 cm³/mol. The van der Waals surface area contributed by atoms with Crippen molar-refractivity contribution in [1.82, 2.24) is 14.7 Å². The normalized spacial score (nSPS) is 14.0. The zero-order valence-corrected chi connectivity index (χ0v) is 20.6. The SMILES string of the molecule is CC(C)OC(O)[C@@H](C)NS(=O)(=O)c1cc(-c2ncc(-c3ccc(F)c(Br)c3)[nH]2)ccc1Cl. The molecule has 1 unspecified atom stereocenters. The second-order valence-electron chi connectivity index (χ2n) is 7.40. The third-order valence-corrected chi connectivity index (χ3v) is 7.13. The van der Waals surface area contributed by atoms with Gasteiger partial charge in [0.05, 0.1) is 33.5 Å². The molecule has 0 amide bonds.